The van der Waals surface area contributed by atoms with Gasteiger partial charge in [-0.2, -0.15) is 5.26 Å². The summed E-state index contributed by atoms with van der Waals surface area (Å²) < 4.78 is 9.30. The van der Waals surface area contributed by atoms with Crippen molar-refractivity contribution in [3.8, 4) is 39.1 Å². The van der Waals surface area contributed by atoms with E-state index < -0.39 is 165 Å². The molecule has 3 saturated heterocycles. The summed E-state index contributed by atoms with van der Waals surface area (Å²) in [6.07, 6.45) is -6.93. The van der Waals surface area contributed by atoms with Gasteiger partial charge in [-0.1, -0.05) is 85.4 Å². The number of aliphatic hydroxyl groups excluding tert-OH is 6. The van der Waals surface area contributed by atoms with E-state index in [1.165, 1.54) is 25.1 Å². The number of aromatic nitrogens is 1. The first kappa shape index (κ1) is 75.6. The second kappa shape index (κ2) is 35.9. The molecule has 28 nitrogen and oxygen atoms in total. The summed E-state index contributed by atoms with van der Waals surface area (Å²) in [5, 5.41) is 113. The fourth-order valence-electron chi connectivity index (χ4n) is 11.6. The molecule has 30 heteroatoms. The Morgan fingerprint density at radius 1 is 0.787 bits per heavy atom. The minimum atomic E-state index is -2.15. The molecule has 3 aliphatic heterocycles. The lowest BCUT2D eigenvalue weighted by molar-refractivity contribution is -0.433. The normalized spacial score (nSPS) is 24.4. The predicted octanol–water partition coefficient (Wildman–Crippen LogP) is 2.27. The number of aliphatic hydroxyl groups is 6. The van der Waals surface area contributed by atoms with E-state index in [-0.39, 0.29) is 35.7 Å². The number of carbonyl (C=O) groups is 7. The van der Waals surface area contributed by atoms with E-state index in [0.29, 0.717) is 12.1 Å². The van der Waals surface area contributed by atoms with Crippen LogP contribution in [0.25, 0.3) is 21.6 Å². The van der Waals surface area contributed by atoms with Crippen LogP contribution >= 0.6 is 23.7 Å². The number of hydrogen-bond acceptors (Lipinski definition) is 23. The summed E-state index contributed by atoms with van der Waals surface area (Å²) >= 11 is 1.71. The topological polar surface area (TPSA) is 416 Å². The third kappa shape index (κ3) is 20.3. The molecule has 7 unspecified atom stereocenters. The summed E-state index contributed by atoms with van der Waals surface area (Å²) in [5.41, 5.74) is 2.74. The Balaban J connectivity index is 0.00000144. The highest BCUT2D eigenvalue weighted by molar-refractivity contribution is 7.90. The number of phenols is 1. The van der Waals surface area contributed by atoms with Crippen LogP contribution in [-0.2, 0) is 51.0 Å². The van der Waals surface area contributed by atoms with E-state index in [9.17, 15) is 74.6 Å². The highest BCUT2D eigenvalue weighted by atomic mass is 32.2. The largest absolute Gasteiger partial charge is 0.504 e. The van der Waals surface area contributed by atoms with Crippen LogP contribution in [0.4, 0.5) is 0 Å². The third-order valence-corrected chi connectivity index (χ3v) is 18.1. The quantitative estimate of drug-likeness (QED) is 0.0246. The van der Waals surface area contributed by atoms with Crippen molar-refractivity contribution in [3.05, 3.63) is 89.1 Å². The molecule has 0 radical (unpaired) electrons. The van der Waals surface area contributed by atoms with Gasteiger partial charge in [-0.15, -0.1) is 11.3 Å². The van der Waals surface area contributed by atoms with Gasteiger partial charge in [0.15, 0.2) is 11.5 Å². The van der Waals surface area contributed by atoms with Crippen molar-refractivity contribution in [2.24, 2.45) is 5.92 Å². The van der Waals surface area contributed by atoms with E-state index >= 15 is 0 Å². The number of aryl methyl sites for hydroxylation is 1. The number of benzene rings is 3. The van der Waals surface area contributed by atoms with Gasteiger partial charge in [0.05, 0.1) is 59.0 Å². The molecule has 0 aliphatic carbocycles. The van der Waals surface area contributed by atoms with E-state index in [0.717, 1.165) is 87.7 Å². The Morgan fingerprint density at radius 2 is 1.41 bits per heavy atom. The fourth-order valence-corrected chi connectivity index (χ4v) is 12.8. The number of carbonyl (C=O) groups excluding carboxylic acids is 7. The van der Waals surface area contributed by atoms with Crippen LogP contribution in [0, 0.1) is 17.2 Å². The Hall–Kier alpha value is -7.38. The van der Waals surface area contributed by atoms with Gasteiger partial charge in [-0.05, 0) is 101 Å². The molecular formula is C64H88N10O18S2. The monoisotopic (exact) mass is 1350 g/mol. The summed E-state index contributed by atoms with van der Waals surface area (Å²) in [6.45, 7) is 15.5. The molecule has 7 rings (SSSR count). The van der Waals surface area contributed by atoms with Crippen molar-refractivity contribution in [2.75, 3.05) is 26.2 Å². The molecule has 0 spiro atoms. The number of nitriles is 1. The molecule has 0 bridgehead atoms. The molecule has 3 aliphatic rings. The Labute approximate surface area is 554 Å². The number of nitrogens with one attached hydrogen (secondary N) is 5. The van der Waals surface area contributed by atoms with E-state index in [2.05, 4.69) is 87.4 Å². The Kier molecular flexibility index (Phi) is 28.9. The number of aromatic hydroxyl groups is 1. The lowest BCUT2D eigenvalue weighted by Gasteiger charge is -2.33. The Morgan fingerprint density at radius 3 is 2.02 bits per heavy atom. The number of fused-ring (bicyclic) bond motifs is 2. The van der Waals surface area contributed by atoms with Gasteiger partial charge in [-0.3, -0.25) is 38.5 Å². The van der Waals surface area contributed by atoms with Crippen LogP contribution in [0.1, 0.15) is 115 Å². The average molecular weight is 1350 g/mol. The first-order valence-electron chi connectivity index (χ1n) is 31.3. The smallest absolute Gasteiger partial charge is 0.261 e. The van der Waals surface area contributed by atoms with Gasteiger partial charge in [0.2, 0.25) is 35.4 Å². The van der Waals surface area contributed by atoms with Gasteiger partial charge in [-0.25, -0.2) is 10.2 Å². The number of hydrogen-bond donors (Lipinski definition) is 13. The zero-order chi connectivity index (χ0) is 69.1. The van der Waals surface area contributed by atoms with Crippen molar-refractivity contribution < 1.29 is 88.1 Å². The second-order valence-electron chi connectivity index (χ2n) is 24.2. The number of amides is 7. The van der Waals surface area contributed by atoms with E-state index in [1.807, 2.05) is 30.5 Å². The van der Waals surface area contributed by atoms with Crippen molar-refractivity contribution in [2.45, 2.75) is 192 Å². The molecule has 0 saturated carbocycles. The first-order chi connectivity index (χ1) is 44.7. The number of thiazole rings is 1. The maximum atomic E-state index is 14.6. The summed E-state index contributed by atoms with van der Waals surface area (Å²) in [6, 6.07) is 9.43. The van der Waals surface area contributed by atoms with Crippen molar-refractivity contribution >= 4 is 65.0 Å². The van der Waals surface area contributed by atoms with Gasteiger partial charge >= 0.3 is 0 Å². The highest BCUT2D eigenvalue weighted by Gasteiger charge is 2.50. The lowest BCUT2D eigenvalue weighted by Crippen LogP contribution is -2.64. The van der Waals surface area contributed by atoms with Crippen LogP contribution in [0.3, 0.4) is 0 Å². The standard InChI is InChI=1S/C56H69N9O18S2.C8H19N/c1-4-5-6-7-44-58-25-43(84-44)33-13-9-31(10-14-33)32-11-15-34(16-12-32)50(73)60-37-22-35(67)24-59-54(77)48-49(72)28(2)26-65(48)56(79)47(40(70)18-19-57)63-53(76)46(41(71)20-30-8-17-39(69)42(21-30)81-85-83-82-80)62-52(75)38-23-36(68)27-64(38)55(78)45(29(3)66)61-51(37)74;1-6-9(7(2)3)8(4)5/h8-17,21,25,28-29,35-38,40-41,45-49,66-72,80H,4-7,18,20,22-24,26-27H2,1-3H3,(H,59,77)(H,60,73)(H,61,74)(H,62,75)(H,63,76);7-8H,6H2,1-5H3/t28?,29?,35-,36?,37-,38?,40+,41+,45?,46?,47-,48?,49-;/m0./s1. The molecule has 13 atom stereocenters. The van der Waals surface area contributed by atoms with Crippen LogP contribution < -0.4 is 30.8 Å². The van der Waals surface area contributed by atoms with Crippen LogP contribution in [0.5, 0.6) is 11.5 Å². The molecule has 7 amide bonds. The molecule has 13 N–H and O–H groups in total. The second-order valence-corrected chi connectivity index (χ2v) is 25.8. The van der Waals surface area contributed by atoms with Gasteiger partial charge in [0, 0.05) is 68.7 Å². The molecule has 3 fully saturated rings. The van der Waals surface area contributed by atoms with E-state index in [4.69, 9.17) is 9.44 Å². The molecule has 3 aromatic carbocycles. The zero-order valence-corrected chi connectivity index (χ0v) is 55.4. The molecule has 4 heterocycles. The molecular weight excluding hydrogens is 1260 g/mol. The number of nitrogens with zero attached hydrogens (tertiary/aromatic N) is 5. The van der Waals surface area contributed by atoms with Crippen LogP contribution in [-0.4, -0.2) is 213 Å². The lowest BCUT2D eigenvalue weighted by atomic mass is 9.98. The average Bonchev–Trinajstić information content (AvgIpc) is 1.62. The number of phenolic OH excluding ortho intramolecular Hbond substituents is 1. The van der Waals surface area contributed by atoms with Crippen molar-refractivity contribution in [3.63, 3.8) is 0 Å². The number of β-amino-alcohol motifs (C(OH)–C–C–N with tert-alkyl or cyclic N) is 1. The molecule has 94 heavy (non-hydrogen) atoms. The molecule has 4 aromatic rings. The number of unbranched alkanes of at least 4 members (excludes halogenated alkanes) is 2. The van der Waals surface area contributed by atoms with Gasteiger partial charge in [0.1, 0.15) is 36.3 Å². The maximum Gasteiger partial charge on any atom is 0.261 e. The Bertz CT molecular complexity index is 3220. The maximum absolute atomic E-state index is 14.6. The van der Waals surface area contributed by atoms with E-state index in [1.54, 1.807) is 29.5 Å². The minimum Gasteiger partial charge on any atom is -0.504 e. The van der Waals surface area contributed by atoms with Crippen molar-refractivity contribution in [1.82, 2.24) is 46.3 Å². The summed E-state index contributed by atoms with van der Waals surface area (Å²) in [7, 11) is 0. The van der Waals surface area contributed by atoms with Crippen molar-refractivity contribution in [1.29, 1.82) is 5.26 Å². The zero-order valence-electron chi connectivity index (χ0n) is 53.8. The van der Waals surface area contributed by atoms with Gasteiger partial charge in [0.25, 0.3) is 18.2 Å². The summed E-state index contributed by atoms with van der Waals surface area (Å²) in [4.78, 5) is 111. The van der Waals surface area contributed by atoms with Gasteiger partial charge < -0.3 is 76.3 Å². The van der Waals surface area contributed by atoms with Crippen LogP contribution in [0.2, 0.25) is 0 Å². The highest BCUT2D eigenvalue weighted by Crippen LogP contribution is 2.33. The number of rotatable bonds is 21. The first-order valence-corrected chi connectivity index (χ1v) is 32.8. The molecule has 1 aromatic heterocycles. The predicted molar refractivity (Wildman–Crippen MR) is 345 cm³/mol. The SMILES string of the molecule is CCCCCc1ncc(-c2ccc(-c3ccc(C(=O)N[C@H]4C[C@H](O)CNC(=O)C5[C@@H](O)C(C)CN5C(=O)[C@H]([C@H](O)CC#N)NC(=O)C([C@H](O)Cc5ccc(O)c(OSOOO)c5)NC(=O)C5CC(O)CN5C(=O)C(C(C)O)NC4=O)cc3)cc2)s1.CCN(C(C)C)C(C)C. The minimum absolute atomic E-state index is 0.0612. The summed E-state index contributed by atoms with van der Waals surface area (Å²) in [5.74, 6) is -9.55. The fraction of sp³-hybridized carbons (Fsp3) is 0.547. The molecule has 514 valence electrons. The van der Waals surface area contributed by atoms with Crippen LogP contribution in [0.15, 0.2) is 72.9 Å². The third-order valence-electron chi connectivity index (χ3n) is 16.6.